The Bertz CT molecular complexity index is 450. The quantitative estimate of drug-likeness (QED) is 0.420. The molecule has 5 heteroatoms. The third-order valence-electron chi connectivity index (χ3n) is 3.89. The maximum atomic E-state index is 11.5. The van der Waals surface area contributed by atoms with Crippen LogP contribution >= 0.6 is 0 Å². The molecule has 2 atom stereocenters. The molecule has 1 aromatic rings. The topological polar surface area (TPSA) is 78.6 Å². The number of aliphatic hydroxyl groups is 1. The number of rotatable bonds is 4. The molecule has 1 aliphatic rings. The van der Waals surface area contributed by atoms with E-state index in [0.717, 1.165) is 25.1 Å². The van der Waals surface area contributed by atoms with E-state index in [1.807, 2.05) is 18.2 Å². The van der Waals surface area contributed by atoms with Gasteiger partial charge in [-0.25, -0.2) is 5.84 Å². The Hall–Kier alpha value is -1.43. The number of carbonyl (C=O) groups excluding carboxylic acids is 1. The Morgan fingerprint density at radius 2 is 2.37 bits per heavy atom. The van der Waals surface area contributed by atoms with Crippen molar-refractivity contribution in [1.82, 2.24) is 10.3 Å². The van der Waals surface area contributed by atoms with E-state index in [1.54, 1.807) is 6.07 Å². The van der Waals surface area contributed by atoms with Crippen LogP contribution in [0.4, 0.5) is 0 Å². The summed E-state index contributed by atoms with van der Waals surface area (Å²) in [7, 11) is 0. The second-order valence-corrected chi connectivity index (χ2v) is 5.16. The average molecular weight is 263 g/mol. The Morgan fingerprint density at radius 1 is 1.58 bits per heavy atom. The van der Waals surface area contributed by atoms with Crippen LogP contribution in [0.25, 0.3) is 0 Å². The van der Waals surface area contributed by atoms with Gasteiger partial charge >= 0.3 is 0 Å². The van der Waals surface area contributed by atoms with E-state index in [9.17, 15) is 9.90 Å². The molecule has 4 N–H and O–H groups in total. The van der Waals surface area contributed by atoms with E-state index in [2.05, 4.69) is 17.2 Å². The first-order chi connectivity index (χ1) is 9.15. The highest BCUT2D eigenvalue weighted by Gasteiger charge is 2.30. The van der Waals surface area contributed by atoms with Crippen molar-refractivity contribution in [2.45, 2.75) is 25.9 Å². The number of carbonyl (C=O) groups is 1. The van der Waals surface area contributed by atoms with Crippen LogP contribution in [0.5, 0.6) is 0 Å². The zero-order valence-electron chi connectivity index (χ0n) is 11.2. The van der Waals surface area contributed by atoms with Crippen LogP contribution in [0.2, 0.25) is 0 Å². The molecule has 19 heavy (non-hydrogen) atoms. The Balaban J connectivity index is 2.09. The number of nitrogens with zero attached hydrogens (tertiary/aromatic N) is 1. The van der Waals surface area contributed by atoms with Gasteiger partial charge in [0.1, 0.15) is 0 Å². The molecule has 1 fully saturated rings. The molecule has 0 spiro atoms. The van der Waals surface area contributed by atoms with Crippen molar-refractivity contribution >= 4 is 5.91 Å². The molecule has 1 aromatic carbocycles. The summed E-state index contributed by atoms with van der Waals surface area (Å²) in [5.74, 6) is 5.37. The second-order valence-electron chi connectivity index (χ2n) is 5.16. The molecule has 2 unspecified atom stereocenters. The summed E-state index contributed by atoms with van der Waals surface area (Å²) in [6.45, 7) is 4.09. The number of hydrogen-bond acceptors (Lipinski definition) is 4. The van der Waals surface area contributed by atoms with E-state index in [0.29, 0.717) is 11.5 Å². The molecule has 0 bridgehead atoms. The highest BCUT2D eigenvalue weighted by molar-refractivity contribution is 5.93. The highest BCUT2D eigenvalue weighted by atomic mass is 16.3. The van der Waals surface area contributed by atoms with E-state index >= 15 is 0 Å². The predicted molar refractivity (Wildman–Crippen MR) is 73.2 cm³/mol. The van der Waals surface area contributed by atoms with E-state index in [1.165, 1.54) is 0 Å². The Labute approximate surface area is 113 Å². The zero-order valence-corrected chi connectivity index (χ0v) is 11.2. The first kappa shape index (κ1) is 14.0. The number of likely N-dealkylation sites (tertiary alicyclic amines) is 1. The molecule has 0 aliphatic carbocycles. The number of nitrogens with two attached hydrogens (primary N) is 1. The number of nitrogen functional groups attached to an aromatic ring is 1. The summed E-state index contributed by atoms with van der Waals surface area (Å²) in [6, 6.07) is 7.64. The van der Waals surface area contributed by atoms with Crippen molar-refractivity contribution in [2.75, 3.05) is 13.2 Å². The van der Waals surface area contributed by atoms with Crippen molar-refractivity contribution in [3.8, 4) is 0 Å². The molecule has 1 amide bonds. The first-order valence-corrected chi connectivity index (χ1v) is 6.60. The van der Waals surface area contributed by atoms with Crippen molar-refractivity contribution in [1.29, 1.82) is 0 Å². The molecular weight excluding hydrogens is 242 g/mol. The molecule has 104 valence electrons. The molecule has 1 aliphatic heterocycles. The average Bonchev–Trinajstić information content (AvgIpc) is 2.78. The van der Waals surface area contributed by atoms with Crippen molar-refractivity contribution in [3.05, 3.63) is 35.4 Å². The summed E-state index contributed by atoms with van der Waals surface area (Å²) < 4.78 is 0. The van der Waals surface area contributed by atoms with Gasteiger partial charge in [0.05, 0.1) is 6.61 Å². The second kappa shape index (κ2) is 6.14. The van der Waals surface area contributed by atoms with Crippen molar-refractivity contribution in [3.63, 3.8) is 0 Å². The fourth-order valence-electron chi connectivity index (χ4n) is 2.71. The Kier molecular flexibility index (Phi) is 4.52. The number of aliphatic hydroxyl groups excluding tert-OH is 1. The SMILES string of the molecule is CC1CCN(Cc2cccc(C(=O)NN)c2)C1CO. The minimum atomic E-state index is -0.282. The van der Waals surface area contributed by atoms with Gasteiger partial charge in [0, 0.05) is 18.2 Å². The van der Waals surface area contributed by atoms with Crippen LogP contribution in [-0.2, 0) is 6.54 Å². The van der Waals surface area contributed by atoms with E-state index in [-0.39, 0.29) is 18.6 Å². The minimum Gasteiger partial charge on any atom is -0.395 e. The first-order valence-electron chi connectivity index (χ1n) is 6.60. The van der Waals surface area contributed by atoms with Gasteiger partial charge in [-0.15, -0.1) is 0 Å². The van der Waals surface area contributed by atoms with Gasteiger partial charge in [-0.2, -0.15) is 0 Å². The summed E-state index contributed by atoms with van der Waals surface area (Å²) >= 11 is 0. The van der Waals surface area contributed by atoms with Crippen LogP contribution in [0, 0.1) is 5.92 Å². The summed E-state index contributed by atoms with van der Waals surface area (Å²) in [4.78, 5) is 13.8. The van der Waals surface area contributed by atoms with Crippen LogP contribution in [-0.4, -0.2) is 35.1 Å². The van der Waals surface area contributed by atoms with E-state index in [4.69, 9.17) is 5.84 Å². The van der Waals surface area contributed by atoms with Gasteiger partial charge in [-0.3, -0.25) is 15.1 Å². The van der Waals surface area contributed by atoms with Gasteiger partial charge in [0.2, 0.25) is 0 Å². The highest BCUT2D eigenvalue weighted by Crippen LogP contribution is 2.25. The summed E-state index contributed by atoms with van der Waals surface area (Å²) in [6.07, 6.45) is 1.11. The standard InChI is InChI=1S/C14H21N3O2/c1-10-5-6-17(13(10)9-18)8-11-3-2-4-12(7-11)14(19)16-15/h2-4,7,10,13,18H,5-6,8-9,15H2,1H3,(H,16,19). The van der Waals surface area contributed by atoms with E-state index < -0.39 is 0 Å². The van der Waals surface area contributed by atoms with Gasteiger partial charge < -0.3 is 5.11 Å². The van der Waals surface area contributed by atoms with Gasteiger partial charge in [0.15, 0.2) is 0 Å². The van der Waals surface area contributed by atoms with Crippen LogP contribution < -0.4 is 11.3 Å². The number of benzene rings is 1. The van der Waals surface area contributed by atoms with Crippen molar-refractivity contribution in [2.24, 2.45) is 11.8 Å². The van der Waals surface area contributed by atoms with Gasteiger partial charge in [0.25, 0.3) is 5.91 Å². The number of nitrogens with one attached hydrogen (secondary N) is 1. The maximum Gasteiger partial charge on any atom is 0.265 e. The molecule has 0 aromatic heterocycles. The smallest absolute Gasteiger partial charge is 0.265 e. The van der Waals surface area contributed by atoms with Crippen LogP contribution in [0.15, 0.2) is 24.3 Å². The molecule has 0 saturated carbocycles. The molecular formula is C14H21N3O2. The lowest BCUT2D eigenvalue weighted by Crippen LogP contribution is -2.34. The molecule has 1 saturated heterocycles. The van der Waals surface area contributed by atoms with Crippen LogP contribution in [0.3, 0.4) is 0 Å². The van der Waals surface area contributed by atoms with Gasteiger partial charge in [-0.05, 0) is 36.6 Å². The molecule has 2 rings (SSSR count). The van der Waals surface area contributed by atoms with Gasteiger partial charge in [-0.1, -0.05) is 19.1 Å². The normalized spacial score (nSPS) is 23.5. The number of amides is 1. The fourth-order valence-corrected chi connectivity index (χ4v) is 2.71. The van der Waals surface area contributed by atoms with Crippen molar-refractivity contribution < 1.29 is 9.90 Å². The summed E-state index contributed by atoms with van der Waals surface area (Å²) in [5, 5.41) is 9.44. The molecule has 1 heterocycles. The molecule has 5 nitrogen and oxygen atoms in total. The zero-order chi connectivity index (χ0) is 13.8. The monoisotopic (exact) mass is 263 g/mol. The summed E-state index contributed by atoms with van der Waals surface area (Å²) in [5.41, 5.74) is 3.76. The van der Waals surface area contributed by atoms with Crippen LogP contribution in [0.1, 0.15) is 29.3 Å². The fraction of sp³-hybridized carbons (Fsp3) is 0.500. The lowest BCUT2D eigenvalue weighted by Gasteiger charge is -2.25. The number of hydrogen-bond donors (Lipinski definition) is 3. The molecule has 0 radical (unpaired) electrons. The maximum absolute atomic E-state index is 11.5. The minimum absolute atomic E-state index is 0.185. The largest absolute Gasteiger partial charge is 0.395 e. The third-order valence-corrected chi connectivity index (χ3v) is 3.89. The number of hydrazine groups is 1. The lowest BCUT2D eigenvalue weighted by molar-refractivity contribution is 0.0953. The third kappa shape index (κ3) is 3.12. The Morgan fingerprint density at radius 3 is 3.05 bits per heavy atom. The lowest BCUT2D eigenvalue weighted by atomic mass is 10.0. The predicted octanol–water partition coefficient (Wildman–Crippen LogP) is 0.493.